The van der Waals surface area contributed by atoms with Gasteiger partial charge in [-0.3, -0.25) is 14.3 Å². The number of nitrogens with zero attached hydrogens (tertiary/aromatic N) is 2. The first-order valence-electron chi connectivity index (χ1n) is 5.77. The van der Waals surface area contributed by atoms with E-state index in [2.05, 4.69) is 10.4 Å². The van der Waals surface area contributed by atoms with Gasteiger partial charge in [-0.25, -0.2) is 4.39 Å². The number of benzene rings is 1. The van der Waals surface area contributed by atoms with E-state index in [4.69, 9.17) is 5.11 Å². The number of aryl methyl sites for hydroxylation is 1. The lowest BCUT2D eigenvalue weighted by Gasteiger charge is -2.04. The minimum absolute atomic E-state index is 0.0732. The van der Waals surface area contributed by atoms with Gasteiger partial charge in [0.15, 0.2) is 0 Å². The van der Waals surface area contributed by atoms with Crippen molar-refractivity contribution in [3.05, 3.63) is 47.5 Å². The molecule has 2 N–H and O–H groups in total. The van der Waals surface area contributed by atoms with Crippen LogP contribution >= 0.6 is 0 Å². The number of halogens is 1. The molecule has 0 radical (unpaired) electrons. The molecule has 20 heavy (non-hydrogen) atoms. The highest BCUT2D eigenvalue weighted by Gasteiger charge is 2.13. The van der Waals surface area contributed by atoms with Crippen LogP contribution in [0.5, 0.6) is 0 Å². The quantitative estimate of drug-likeness (QED) is 0.890. The zero-order chi connectivity index (χ0) is 14.7. The Morgan fingerprint density at radius 2 is 2.20 bits per heavy atom. The number of carboxylic acid groups (broad SMARTS) is 1. The summed E-state index contributed by atoms with van der Waals surface area (Å²) in [6.45, 7) is 1.44. The van der Waals surface area contributed by atoms with Gasteiger partial charge in [0.25, 0.3) is 5.91 Å². The summed E-state index contributed by atoms with van der Waals surface area (Å²) >= 11 is 0. The number of aromatic nitrogens is 2. The molecule has 0 saturated heterocycles. The molecule has 0 bridgehead atoms. The van der Waals surface area contributed by atoms with Crippen molar-refractivity contribution in [1.82, 2.24) is 9.78 Å². The van der Waals surface area contributed by atoms with Gasteiger partial charge in [-0.05, 0) is 19.1 Å². The topological polar surface area (TPSA) is 84.2 Å². The highest BCUT2D eigenvalue weighted by molar-refractivity contribution is 6.04. The first-order chi connectivity index (χ1) is 9.45. The number of carboxylic acids is 1. The number of hydrogen-bond donors (Lipinski definition) is 2. The van der Waals surface area contributed by atoms with E-state index in [-0.39, 0.29) is 12.1 Å². The van der Waals surface area contributed by atoms with E-state index in [1.807, 2.05) is 0 Å². The second kappa shape index (κ2) is 5.52. The van der Waals surface area contributed by atoms with Gasteiger partial charge < -0.3 is 10.4 Å². The number of carbonyl (C=O) groups excluding carboxylic acids is 1. The largest absolute Gasteiger partial charge is 0.480 e. The van der Waals surface area contributed by atoms with Crippen LogP contribution in [0.3, 0.4) is 0 Å². The lowest BCUT2D eigenvalue weighted by Crippen LogP contribution is -2.14. The van der Waals surface area contributed by atoms with Crippen LogP contribution in [0.25, 0.3) is 0 Å². The smallest absolute Gasteiger partial charge is 0.325 e. The maximum Gasteiger partial charge on any atom is 0.325 e. The Balaban J connectivity index is 2.13. The number of hydrogen-bond acceptors (Lipinski definition) is 3. The Morgan fingerprint density at radius 3 is 2.90 bits per heavy atom. The van der Waals surface area contributed by atoms with Crippen LogP contribution in [-0.4, -0.2) is 26.8 Å². The predicted octanol–water partition coefficient (Wildman–Crippen LogP) is 1.67. The summed E-state index contributed by atoms with van der Waals surface area (Å²) in [6.07, 6.45) is 2.66. The van der Waals surface area contributed by atoms with Gasteiger partial charge in [-0.2, -0.15) is 5.10 Å². The number of aliphatic carboxylic acids is 1. The third kappa shape index (κ3) is 3.19. The molecular formula is C13H12FN3O3. The standard InChI is InChI=1S/C13H12FN3O3/c1-8-2-3-11(14)10(4-8)13(20)16-9-5-15-17(6-9)7-12(18)19/h2-6H,7H2,1H3,(H,16,20)(H,18,19). The molecule has 1 aromatic heterocycles. The normalized spacial score (nSPS) is 10.3. The summed E-state index contributed by atoms with van der Waals surface area (Å²) in [4.78, 5) is 22.4. The van der Waals surface area contributed by atoms with E-state index in [9.17, 15) is 14.0 Å². The van der Waals surface area contributed by atoms with Crippen molar-refractivity contribution >= 4 is 17.6 Å². The molecule has 1 aromatic carbocycles. The Kier molecular flexibility index (Phi) is 3.79. The van der Waals surface area contributed by atoms with Gasteiger partial charge in [0.05, 0.1) is 17.4 Å². The molecule has 1 amide bonds. The molecule has 6 nitrogen and oxygen atoms in total. The molecule has 7 heteroatoms. The number of nitrogens with one attached hydrogen (secondary N) is 1. The van der Waals surface area contributed by atoms with Crippen molar-refractivity contribution in [3.8, 4) is 0 Å². The molecular weight excluding hydrogens is 265 g/mol. The van der Waals surface area contributed by atoms with Gasteiger partial charge in [-0.15, -0.1) is 0 Å². The third-order valence-corrected chi connectivity index (χ3v) is 2.55. The predicted molar refractivity (Wildman–Crippen MR) is 69.0 cm³/mol. The van der Waals surface area contributed by atoms with E-state index in [1.54, 1.807) is 13.0 Å². The molecule has 0 saturated carbocycles. The van der Waals surface area contributed by atoms with Crippen molar-refractivity contribution < 1.29 is 19.1 Å². The lowest BCUT2D eigenvalue weighted by molar-refractivity contribution is -0.137. The van der Waals surface area contributed by atoms with Gasteiger partial charge in [0, 0.05) is 6.20 Å². The molecule has 0 atom stereocenters. The molecule has 104 valence electrons. The Morgan fingerprint density at radius 1 is 1.45 bits per heavy atom. The number of amides is 1. The van der Waals surface area contributed by atoms with Crippen LogP contribution in [0, 0.1) is 12.7 Å². The van der Waals surface area contributed by atoms with Crippen LogP contribution in [0.1, 0.15) is 15.9 Å². The number of carbonyl (C=O) groups is 2. The summed E-state index contributed by atoms with van der Waals surface area (Å²) in [5, 5.41) is 14.8. The highest BCUT2D eigenvalue weighted by atomic mass is 19.1. The molecule has 0 aliphatic carbocycles. The second-order valence-corrected chi connectivity index (χ2v) is 4.26. The van der Waals surface area contributed by atoms with Crippen molar-refractivity contribution in [1.29, 1.82) is 0 Å². The van der Waals surface area contributed by atoms with Crippen LogP contribution in [-0.2, 0) is 11.3 Å². The third-order valence-electron chi connectivity index (χ3n) is 2.55. The number of rotatable bonds is 4. The van der Waals surface area contributed by atoms with Gasteiger partial charge in [-0.1, -0.05) is 11.6 Å². The summed E-state index contributed by atoms with van der Waals surface area (Å²) in [5.74, 6) is -2.28. The van der Waals surface area contributed by atoms with E-state index in [0.29, 0.717) is 5.69 Å². The average molecular weight is 277 g/mol. The highest BCUT2D eigenvalue weighted by Crippen LogP contribution is 2.13. The fourth-order valence-corrected chi connectivity index (χ4v) is 1.66. The Hall–Kier alpha value is -2.70. The number of anilines is 1. The summed E-state index contributed by atoms with van der Waals surface area (Å²) in [7, 11) is 0. The SMILES string of the molecule is Cc1ccc(F)c(C(=O)Nc2cnn(CC(=O)O)c2)c1. The fraction of sp³-hybridized carbons (Fsp3) is 0.154. The Bertz CT molecular complexity index is 667. The monoisotopic (exact) mass is 277 g/mol. The molecule has 0 unspecified atom stereocenters. The van der Waals surface area contributed by atoms with Crippen molar-refractivity contribution in [2.24, 2.45) is 0 Å². The zero-order valence-electron chi connectivity index (χ0n) is 10.6. The maximum atomic E-state index is 13.5. The van der Waals surface area contributed by atoms with Crippen LogP contribution in [0.2, 0.25) is 0 Å². The van der Waals surface area contributed by atoms with Crippen molar-refractivity contribution in [2.45, 2.75) is 13.5 Å². The van der Waals surface area contributed by atoms with Crippen LogP contribution in [0.15, 0.2) is 30.6 Å². The van der Waals surface area contributed by atoms with E-state index in [0.717, 1.165) is 10.2 Å². The summed E-state index contributed by atoms with van der Waals surface area (Å²) in [5.41, 5.74) is 0.992. The van der Waals surface area contributed by atoms with E-state index < -0.39 is 17.7 Å². The Labute approximate surface area is 113 Å². The minimum atomic E-state index is -1.05. The molecule has 0 aliphatic heterocycles. The lowest BCUT2D eigenvalue weighted by atomic mass is 10.1. The molecule has 0 spiro atoms. The first-order valence-corrected chi connectivity index (χ1v) is 5.77. The first kappa shape index (κ1) is 13.7. The van der Waals surface area contributed by atoms with Gasteiger partial charge in [0.2, 0.25) is 0 Å². The van der Waals surface area contributed by atoms with Crippen molar-refractivity contribution in [3.63, 3.8) is 0 Å². The summed E-state index contributed by atoms with van der Waals surface area (Å²) < 4.78 is 14.7. The maximum absolute atomic E-state index is 13.5. The van der Waals surface area contributed by atoms with Gasteiger partial charge >= 0.3 is 5.97 Å². The molecule has 0 aliphatic rings. The second-order valence-electron chi connectivity index (χ2n) is 4.26. The van der Waals surface area contributed by atoms with E-state index >= 15 is 0 Å². The van der Waals surface area contributed by atoms with Crippen LogP contribution in [0.4, 0.5) is 10.1 Å². The van der Waals surface area contributed by atoms with E-state index in [1.165, 1.54) is 24.5 Å². The molecule has 0 fully saturated rings. The molecule has 2 rings (SSSR count). The fourth-order valence-electron chi connectivity index (χ4n) is 1.66. The van der Waals surface area contributed by atoms with Crippen LogP contribution < -0.4 is 5.32 Å². The summed E-state index contributed by atoms with van der Waals surface area (Å²) in [6, 6.07) is 4.22. The van der Waals surface area contributed by atoms with Gasteiger partial charge in [0.1, 0.15) is 12.4 Å². The minimum Gasteiger partial charge on any atom is -0.480 e. The van der Waals surface area contributed by atoms with Crippen molar-refractivity contribution in [2.75, 3.05) is 5.32 Å². The zero-order valence-corrected chi connectivity index (χ0v) is 10.6. The average Bonchev–Trinajstić information content (AvgIpc) is 2.78. The molecule has 1 heterocycles. The molecule has 2 aromatic rings.